The van der Waals surface area contributed by atoms with Crippen molar-refractivity contribution < 1.29 is 9.59 Å². The Kier molecular flexibility index (Phi) is 7.35. The molecule has 0 unspecified atom stereocenters. The van der Waals surface area contributed by atoms with Gasteiger partial charge in [-0.3, -0.25) is 9.59 Å². The van der Waals surface area contributed by atoms with E-state index in [1.165, 1.54) is 0 Å². The molecule has 0 N–H and O–H groups in total. The lowest BCUT2D eigenvalue weighted by Crippen LogP contribution is -2.14. The van der Waals surface area contributed by atoms with Crippen molar-refractivity contribution in [3.8, 4) is 0 Å². The monoisotopic (exact) mass is 198 g/mol. The van der Waals surface area contributed by atoms with Gasteiger partial charge in [0.05, 0.1) is 0 Å². The van der Waals surface area contributed by atoms with Crippen LogP contribution in [0.4, 0.5) is 0 Å². The van der Waals surface area contributed by atoms with Crippen molar-refractivity contribution in [3.63, 3.8) is 0 Å². The van der Waals surface area contributed by atoms with Crippen LogP contribution in [0.5, 0.6) is 0 Å². The first kappa shape index (κ1) is 13.3. The molecule has 0 fully saturated rings. The molecule has 0 heterocycles. The molecule has 0 aliphatic heterocycles. The van der Waals surface area contributed by atoms with E-state index >= 15 is 0 Å². The van der Waals surface area contributed by atoms with Crippen molar-refractivity contribution in [2.24, 2.45) is 5.92 Å². The van der Waals surface area contributed by atoms with E-state index in [9.17, 15) is 9.59 Å². The normalized spacial score (nSPS) is 10.6. The van der Waals surface area contributed by atoms with Crippen LogP contribution < -0.4 is 0 Å². The zero-order chi connectivity index (χ0) is 11.0. The molecule has 82 valence electrons. The molecule has 0 saturated carbocycles. The second kappa shape index (κ2) is 7.72. The van der Waals surface area contributed by atoms with Gasteiger partial charge in [0.25, 0.3) is 0 Å². The van der Waals surface area contributed by atoms with Gasteiger partial charge in [-0.2, -0.15) is 0 Å². The highest BCUT2D eigenvalue weighted by molar-refractivity contribution is 6.37. The van der Waals surface area contributed by atoms with E-state index in [4.69, 9.17) is 0 Å². The van der Waals surface area contributed by atoms with Crippen LogP contribution in [0.3, 0.4) is 0 Å². The molecule has 0 rings (SSSR count). The molecule has 2 nitrogen and oxygen atoms in total. The van der Waals surface area contributed by atoms with Crippen LogP contribution in [0.1, 0.15) is 59.3 Å². The maximum Gasteiger partial charge on any atom is 0.198 e. The van der Waals surface area contributed by atoms with Gasteiger partial charge in [-0.25, -0.2) is 0 Å². The number of Topliss-reactive ketones (excluding diaryl/α,β-unsaturated/α-hetero) is 2. The molecule has 2 heteroatoms. The largest absolute Gasteiger partial charge is 0.291 e. The molecule has 14 heavy (non-hydrogen) atoms. The Bertz CT molecular complexity index is 181. The second-order valence-corrected chi connectivity index (χ2v) is 3.82. The number of carbonyl (C=O) groups excluding carboxylic acids is 2. The summed E-state index contributed by atoms with van der Waals surface area (Å²) in [5, 5.41) is 0. The lowest BCUT2D eigenvalue weighted by molar-refractivity contribution is -0.136. The molecule has 0 atom stereocenters. The summed E-state index contributed by atoms with van der Waals surface area (Å²) in [4.78, 5) is 22.5. The summed E-state index contributed by atoms with van der Waals surface area (Å²) in [5.41, 5.74) is 0. The van der Waals surface area contributed by atoms with Crippen LogP contribution in [0.2, 0.25) is 0 Å². The van der Waals surface area contributed by atoms with Crippen LogP contribution in [0.15, 0.2) is 0 Å². The molecule has 0 aromatic rings. The van der Waals surface area contributed by atoms with Crippen molar-refractivity contribution >= 4 is 11.6 Å². The SMILES string of the molecule is CCCC(=O)C(=O)CCC(CC)CC. The van der Waals surface area contributed by atoms with Crippen molar-refractivity contribution in [1.29, 1.82) is 0 Å². The average molecular weight is 198 g/mol. The van der Waals surface area contributed by atoms with Crippen LogP contribution in [-0.4, -0.2) is 11.6 Å². The number of ketones is 2. The molecule has 0 radical (unpaired) electrons. The zero-order valence-corrected chi connectivity index (χ0v) is 9.64. The minimum Gasteiger partial charge on any atom is -0.291 e. The summed E-state index contributed by atoms with van der Waals surface area (Å²) in [6.07, 6.45) is 4.72. The standard InChI is InChI=1S/C12H22O2/c1-4-7-11(13)12(14)9-8-10(5-2)6-3/h10H,4-9H2,1-3H3. The van der Waals surface area contributed by atoms with E-state index in [1.807, 2.05) is 6.92 Å². The third kappa shape index (κ3) is 5.15. The van der Waals surface area contributed by atoms with Gasteiger partial charge in [0.15, 0.2) is 11.6 Å². The first-order chi connectivity index (χ1) is 6.65. The average Bonchev–Trinajstić information content (AvgIpc) is 2.19. The fourth-order valence-corrected chi connectivity index (χ4v) is 1.54. The maximum absolute atomic E-state index is 11.3. The van der Waals surface area contributed by atoms with Gasteiger partial charge in [-0.05, 0) is 18.8 Å². The Balaban J connectivity index is 3.77. The molecule has 0 spiro atoms. The number of carbonyl (C=O) groups is 2. The predicted octanol–water partition coefficient (Wildman–Crippen LogP) is 3.14. The van der Waals surface area contributed by atoms with Crippen molar-refractivity contribution in [1.82, 2.24) is 0 Å². The van der Waals surface area contributed by atoms with E-state index in [2.05, 4.69) is 13.8 Å². The van der Waals surface area contributed by atoms with E-state index in [0.717, 1.165) is 25.7 Å². The van der Waals surface area contributed by atoms with Crippen molar-refractivity contribution in [2.45, 2.75) is 59.3 Å². The summed E-state index contributed by atoms with van der Waals surface area (Å²) < 4.78 is 0. The molecule has 0 saturated heterocycles. The van der Waals surface area contributed by atoms with Gasteiger partial charge in [0.2, 0.25) is 0 Å². The predicted molar refractivity (Wildman–Crippen MR) is 58.2 cm³/mol. The number of hydrogen-bond acceptors (Lipinski definition) is 2. The third-order valence-corrected chi connectivity index (χ3v) is 2.72. The molecule has 0 aromatic carbocycles. The quantitative estimate of drug-likeness (QED) is 0.561. The van der Waals surface area contributed by atoms with Gasteiger partial charge < -0.3 is 0 Å². The summed E-state index contributed by atoms with van der Waals surface area (Å²) >= 11 is 0. The molecule has 0 aromatic heterocycles. The first-order valence-electron chi connectivity index (χ1n) is 5.71. The molecular weight excluding hydrogens is 176 g/mol. The Labute approximate surface area is 87.1 Å². The second-order valence-electron chi connectivity index (χ2n) is 3.82. The Morgan fingerprint density at radius 1 is 0.929 bits per heavy atom. The highest BCUT2D eigenvalue weighted by Gasteiger charge is 2.14. The highest BCUT2D eigenvalue weighted by atomic mass is 16.2. The lowest BCUT2D eigenvalue weighted by Gasteiger charge is -2.10. The topological polar surface area (TPSA) is 34.1 Å². The summed E-state index contributed by atoms with van der Waals surface area (Å²) in [7, 11) is 0. The minimum atomic E-state index is -0.182. The Morgan fingerprint density at radius 2 is 1.43 bits per heavy atom. The summed E-state index contributed by atoms with van der Waals surface area (Å²) in [5.74, 6) is 0.255. The van der Waals surface area contributed by atoms with Gasteiger partial charge in [-0.15, -0.1) is 0 Å². The zero-order valence-electron chi connectivity index (χ0n) is 9.64. The molecule has 0 aliphatic carbocycles. The molecule has 0 bridgehead atoms. The molecule has 0 amide bonds. The smallest absolute Gasteiger partial charge is 0.198 e. The van der Waals surface area contributed by atoms with E-state index in [0.29, 0.717) is 18.8 Å². The molecule has 0 aliphatic rings. The van der Waals surface area contributed by atoms with Gasteiger partial charge in [-0.1, -0.05) is 33.6 Å². The number of rotatable bonds is 8. The number of hydrogen-bond donors (Lipinski definition) is 0. The maximum atomic E-state index is 11.3. The van der Waals surface area contributed by atoms with Crippen LogP contribution in [-0.2, 0) is 9.59 Å². The fraction of sp³-hybridized carbons (Fsp3) is 0.833. The van der Waals surface area contributed by atoms with E-state index < -0.39 is 0 Å². The van der Waals surface area contributed by atoms with Crippen molar-refractivity contribution in [2.75, 3.05) is 0 Å². The van der Waals surface area contributed by atoms with Gasteiger partial charge in [0.1, 0.15) is 0 Å². The minimum absolute atomic E-state index is 0.168. The van der Waals surface area contributed by atoms with E-state index in [1.54, 1.807) is 0 Å². The summed E-state index contributed by atoms with van der Waals surface area (Å²) in [6, 6.07) is 0. The fourth-order valence-electron chi connectivity index (χ4n) is 1.54. The van der Waals surface area contributed by atoms with Gasteiger partial charge >= 0.3 is 0 Å². The Morgan fingerprint density at radius 3 is 1.86 bits per heavy atom. The first-order valence-corrected chi connectivity index (χ1v) is 5.71. The molecular formula is C12H22O2. The summed E-state index contributed by atoms with van der Waals surface area (Å²) in [6.45, 7) is 6.19. The Hall–Kier alpha value is -0.660. The van der Waals surface area contributed by atoms with Crippen LogP contribution in [0, 0.1) is 5.92 Å². The van der Waals surface area contributed by atoms with E-state index in [-0.39, 0.29) is 11.6 Å². The highest BCUT2D eigenvalue weighted by Crippen LogP contribution is 2.15. The van der Waals surface area contributed by atoms with Gasteiger partial charge in [0, 0.05) is 12.8 Å². The lowest BCUT2D eigenvalue weighted by atomic mass is 9.95. The van der Waals surface area contributed by atoms with Crippen LogP contribution in [0.25, 0.3) is 0 Å². The van der Waals surface area contributed by atoms with Crippen LogP contribution >= 0.6 is 0 Å². The van der Waals surface area contributed by atoms with Crippen molar-refractivity contribution in [3.05, 3.63) is 0 Å². The third-order valence-electron chi connectivity index (χ3n) is 2.72.